The zero-order chi connectivity index (χ0) is 23.1. The molecule has 1 aromatic carbocycles. The lowest BCUT2D eigenvalue weighted by Crippen LogP contribution is -2.45. The molecule has 1 aliphatic heterocycles. The van der Waals surface area contributed by atoms with E-state index in [4.69, 9.17) is 4.74 Å². The molecule has 178 valence electrons. The predicted octanol–water partition coefficient (Wildman–Crippen LogP) is 6.37. The molecule has 1 N–H and O–H groups in total. The van der Waals surface area contributed by atoms with Crippen LogP contribution in [0, 0.1) is 0 Å². The van der Waals surface area contributed by atoms with Crippen LogP contribution in [0.2, 0.25) is 0 Å². The number of carbonyl (C=O) groups excluding carboxylic acids is 1. The lowest BCUT2D eigenvalue weighted by Gasteiger charge is -2.32. The third kappa shape index (κ3) is 3.82. The molecule has 0 saturated heterocycles. The Hall–Kier alpha value is -2.73. The fourth-order valence-corrected chi connectivity index (χ4v) is 7.38. The Kier molecular flexibility index (Phi) is 5.85. The standard InChI is InChI=1S/C28H33N3O2S/c1-2-33-21-15-13-19(14-16-21)26-24-11-7-17-30(24)27-23(22-10-5-6-12-25(22)34-27)18-31(26)28(32)29-20-8-3-4-9-20/h7,11,13-17,20,26H,2-6,8-10,12,18H2,1H3,(H,29,32)/t26-/m0/s1. The van der Waals surface area contributed by atoms with Gasteiger partial charge in [0.15, 0.2) is 0 Å². The number of rotatable bonds is 4. The molecule has 6 heteroatoms. The fraction of sp³-hybridized carbons (Fsp3) is 0.464. The number of hydrogen-bond donors (Lipinski definition) is 1. The van der Waals surface area contributed by atoms with Crippen molar-refractivity contribution in [3.05, 3.63) is 69.9 Å². The van der Waals surface area contributed by atoms with Gasteiger partial charge in [-0.05, 0) is 80.8 Å². The van der Waals surface area contributed by atoms with Crippen LogP contribution in [-0.4, -0.2) is 28.1 Å². The van der Waals surface area contributed by atoms with Crippen molar-refractivity contribution in [2.24, 2.45) is 0 Å². The third-order valence-corrected chi connectivity index (χ3v) is 8.96. The maximum absolute atomic E-state index is 13.9. The molecule has 3 aromatic rings. The van der Waals surface area contributed by atoms with E-state index in [9.17, 15) is 4.79 Å². The number of nitrogens with one attached hydrogen (secondary N) is 1. The summed E-state index contributed by atoms with van der Waals surface area (Å²) in [4.78, 5) is 17.5. The van der Waals surface area contributed by atoms with Gasteiger partial charge in [0.2, 0.25) is 0 Å². The monoisotopic (exact) mass is 475 g/mol. The van der Waals surface area contributed by atoms with Crippen molar-refractivity contribution in [3.63, 3.8) is 0 Å². The molecule has 1 saturated carbocycles. The molecule has 2 amide bonds. The summed E-state index contributed by atoms with van der Waals surface area (Å²) in [5.41, 5.74) is 5.13. The summed E-state index contributed by atoms with van der Waals surface area (Å²) in [6.45, 7) is 3.30. The van der Waals surface area contributed by atoms with Crippen LogP contribution in [0.25, 0.3) is 5.00 Å². The van der Waals surface area contributed by atoms with Crippen molar-refractivity contribution in [3.8, 4) is 10.8 Å². The number of aryl methyl sites for hydroxylation is 1. The Morgan fingerprint density at radius 2 is 1.85 bits per heavy atom. The van der Waals surface area contributed by atoms with Crippen LogP contribution >= 0.6 is 11.3 Å². The SMILES string of the molecule is CCOc1ccc([C@H]2c3cccn3-c3sc4c(c3CN2C(=O)NC2CCCC2)CCCC4)cc1. The first-order chi connectivity index (χ1) is 16.7. The van der Waals surface area contributed by atoms with Crippen LogP contribution in [0.3, 0.4) is 0 Å². The summed E-state index contributed by atoms with van der Waals surface area (Å²) in [7, 11) is 0. The van der Waals surface area contributed by atoms with Gasteiger partial charge in [0, 0.05) is 22.7 Å². The summed E-state index contributed by atoms with van der Waals surface area (Å²) in [5.74, 6) is 0.866. The second-order valence-corrected chi connectivity index (χ2v) is 10.8. The molecule has 6 rings (SSSR count). The van der Waals surface area contributed by atoms with Crippen molar-refractivity contribution in [2.75, 3.05) is 6.61 Å². The molecule has 0 bridgehead atoms. The zero-order valence-electron chi connectivity index (χ0n) is 19.9. The highest BCUT2D eigenvalue weighted by atomic mass is 32.1. The van der Waals surface area contributed by atoms with Crippen molar-refractivity contribution < 1.29 is 9.53 Å². The minimum Gasteiger partial charge on any atom is -0.494 e. The topological polar surface area (TPSA) is 46.5 Å². The normalized spacial score (nSPS) is 19.8. The van der Waals surface area contributed by atoms with Crippen molar-refractivity contribution in [1.82, 2.24) is 14.8 Å². The molecule has 0 unspecified atom stereocenters. The second-order valence-electron chi connectivity index (χ2n) is 9.76. The van der Waals surface area contributed by atoms with E-state index in [0.29, 0.717) is 19.2 Å². The molecule has 1 atom stereocenters. The Labute approximate surface area is 205 Å². The molecule has 3 aliphatic rings. The molecule has 3 heterocycles. The maximum Gasteiger partial charge on any atom is 0.318 e. The highest BCUT2D eigenvalue weighted by Crippen LogP contribution is 2.44. The number of thiophene rings is 1. The van der Waals surface area contributed by atoms with Gasteiger partial charge in [0.25, 0.3) is 0 Å². The van der Waals surface area contributed by atoms with Crippen LogP contribution in [0.15, 0.2) is 42.6 Å². The second kappa shape index (κ2) is 9.14. The largest absolute Gasteiger partial charge is 0.494 e. The van der Waals surface area contributed by atoms with Crippen LogP contribution in [0.4, 0.5) is 4.79 Å². The molecular weight excluding hydrogens is 442 g/mol. The first-order valence-corrected chi connectivity index (χ1v) is 13.7. The van der Waals surface area contributed by atoms with E-state index < -0.39 is 0 Å². The van der Waals surface area contributed by atoms with Gasteiger partial charge < -0.3 is 19.5 Å². The number of carbonyl (C=O) groups is 1. The number of nitrogens with zero attached hydrogens (tertiary/aromatic N) is 2. The number of urea groups is 1. The predicted molar refractivity (Wildman–Crippen MR) is 136 cm³/mol. The number of ether oxygens (including phenoxy) is 1. The molecule has 2 aliphatic carbocycles. The van der Waals surface area contributed by atoms with Crippen LogP contribution in [0.5, 0.6) is 5.75 Å². The third-order valence-electron chi connectivity index (χ3n) is 7.63. The van der Waals surface area contributed by atoms with Crippen molar-refractivity contribution >= 4 is 17.4 Å². The van der Waals surface area contributed by atoms with E-state index in [0.717, 1.165) is 36.3 Å². The average Bonchev–Trinajstić information content (AvgIpc) is 3.59. The van der Waals surface area contributed by atoms with E-state index in [1.54, 1.807) is 0 Å². The number of amides is 2. The number of benzene rings is 1. The Morgan fingerprint density at radius 3 is 2.65 bits per heavy atom. The summed E-state index contributed by atoms with van der Waals surface area (Å²) >= 11 is 1.94. The van der Waals surface area contributed by atoms with Gasteiger partial charge in [0.1, 0.15) is 10.8 Å². The van der Waals surface area contributed by atoms with Gasteiger partial charge in [-0.15, -0.1) is 11.3 Å². The highest BCUT2D eigenvalue weighted by molar-refractivity contribution is 7.15. The minimum absolute atomic E-state index is 0.0575. The summed E-state index contributed by atoms with van der Waals surface area (Å²) in [6.07, 6.45) is 11.6. The van der Waals surface area contributed by atoms with Crippen molar-refractivity contribution in [1.29, 1.82) is 0 Å². The van der Waals surface area contributed by atoms with Gasteiger partial charge in [-0.2, -0.15) is 0 Å². The number of hydrogen-bond acceptors (Lipinski definition) is 3. The Morgan fingerprint density at radius 1 is 1.06 bits per heavy atom. The van der Waals surface area contributed by atoms with E-state index in [1.165, 1.54) is 53.1 Å². The maximum atomic E-state index is 13.9. The smallest absolute Gasteiger partial charge is 0.318 e. The lowest BCUT2D eigenvalue weighted by molar-refractivity contribution is 0.176. The number of fused-ring (bicyclic) bond motifs is 5. The van der Waals surface area contributed by atoms with Crippen LogP contribution in [-0.2, 0) is 19.4 Å². The number of aromatic nitrogens is 1. The minimum atomic E-state index is -0.147. The lowest BCUT2D eigenvalue weighted by atomic mass is 9.95. The fourth-order valence-electron chi connectivity index (χ4n) is 5.98. The Bertz CT molecular complexity index is 1170. The molecule has 0 spiro atoms. The average molecular weight is 476 g/mol. The molecule has 0 radical (unpaired) electrons. The summed E-state index contributed by atoms with van der Waals surface area (Å²) in [5, 5.41) is 4.69. The van der Waals surface area contributed by atoms with Gasteiger partial charge >= 0.3 is 6.03 Å². The molecule has 34 heavy (non-hydrogen) atoms. The first-order valence-electron chi connectivity index (χ1n) is 12.8. The molecular formula is C28H33N3O2S. The quantitative estimate of drug-likeness (QED) is 0.476. The van der Waals surface area contributed by atoms with Gasteiger partial charge in [-0.1, -0.05) is 25.0 Å². The van der Waals surface area contributed by atoms with E-state index >= 15 is 0 Å². The summed E-state index contributed by atoms with van der Waals surface area (Å²) < 4.78 is 8.04. The molecule has 2 aromatic heterocycles. The summed E-state index contributed by atoms with van der Waals surface area (Å²) in [6, 6.07) is 12.8. The van der Waals surface area contributed by atoms with Gasteiger partial charge in [0.05, 0.1) is 24.9 Å². The van der Waals surface area contributed by atoms with Crippen LogP contribution < -0.4 is 10.1 Å². The van der Waals surface area contributed by atoms with Gasteiger partial charge in [-0.25, -0.2) is 4.79 Å². The highest BCUT2D eigenvalue weighted by Gasteiger charge is 2.36. The molecule has 5 nitrogen and oxygen atoms in total. The van der Waals surface area contributed by atoms with Crippen molar-refractivity contribution in [2.45, 2.75) is 76.9 Å². The first kappa shape index (κ1) is 21.8. The van der Waals surface area contributed by atoms with E-state index in [-0.39, 0.29) is 12.1 Å². The van der Waals surface area contributed by atoms with E-state index in [2.05, 4.69) is 45.2 Å². The Balaban J connectivity index is 1.45. The zero-order valence-corrected chi connectivity index (χ0v) is 20.7. The van der Waals surface area contributed by atoms with Crippen LogP contribution in [0.1, 0.15) is 78.8 Å². The van der Waals surface area contributed by atoms with Gasteiger partial charge in [-0.3, -0.25) is 0 Å². The van der Waals surface area contributed by atoms with E-state index in [1.807, 2.05) is 30.4 Å². The molecule has 1 fully saturated rings.